The molecule has 0 aliphatic carbocycles. The molecule has 4 atom stereocenters. The van der Waals surface area contributed by atoms with E-state index in [2.05, 4.69) is 0 Å². The number of hydrogen-bond donors (Lipinski definition) is 2. The van der Waals surface area contributed by atoms with Crippen LogP contribution in [0.5, 0.6) is 0 Å². The Labute approximate surface area is 91.2 Å². The lowest BCUT2D eigenvalue weighted by Crippen LogP contribution is -2.31. The van der Waals surface area contributed by atoms with E-state index in [0.717, 1.165) is 19.4 Å². The van der Waals surface area contributed by atoms with Gasteiger partial charge in [-0.2, -0.15) is 0 Å². The largest absolute Gasteiger partial charge is 0.393 e. The van der Waals surface area contributed by atoms with Crippen LogP contribution in [0.1, 0.15) is 33.1 Å². The molecule has 0 bridgehead atoms. The second-order valence-corrected chi connectivity index (χ2v) is 4.33. The molecule has 0 aromatic heterocycles. The first kappa shape index (κ1) is 12.9. The number of ether oxygens (including phenoxy) is 2. The Hall–Kier alpha value is -0.160. The minimum absolute atomic E-state index is 0.186. The fourth-order valence-corrected chi connectivity index (χ4v) is 1.69. The van der Waals surface area contributed by atoms with Crippen LogP contribution in [-0.2, 0) is 9.47 Å². The van der Waals surface area contributed by atoms with Crippen LogP contribution in [0.25, 0.3) is 0 Å². The van der Waals surface area contributed by atoms with Gasteiger partial charge in [-0.3, -0.25) is 0 Å². The predicted octanol–water partition coefficient (Wildman–Crippen LogP) is 0.702. The molecule has 1 aliphatic rings. The van der Waals surface area contributed by atoms with E-state index in [4.69, 9.17) is 14.6 Å². The zero-order chi connectivity index (χ0) is 11.3. The molecule has 1 heterocycles. The van der Waals surface area contributed by atoms with Crippen molar-refractivity contribution in [1.29, 1.82) is 0 Å². The molecule has 2 N–H and O–H groups in total. The van der Waals surface area contributed by atoms with Crippen LogP contribution in [0.2, 0.25) is 0 Å². The first-order valence-electron chi connectivity index (χ1n) is 5.69. The van der Waals surface area contributed by atoms with Gasteiger partial charge in [0.1, 0.15) is 0 Å². The van der Waals surface area contributed by atoms with E-state index in [-0.39, 0.29) is 12.2 Å². The van der Waals surface area contributed by atoms with Gasteiger partial charge in [-0.05, 0) is 26.7 Å². The van der Waals surface area contributed by atoms with E-state index in [1.165, 1.54) is 0 Å². The SMILES string of the molecule is CC(O)CC(O)C(C)OCC1CCCO1. The van der Waals surface area contributed by atoms with E-state index >= 15 is 0 Å². The average molecular weight is 218 g/mol. The van der Waals surface area contributed by atoms with Crippen molar-refractivity contribution in [2.45, 2.75) is 57.5 Å². The van der Waals surface area contributed by atoms with Gasteiger partial charge in [0.05, 0.1) is 31.0 Å². The molecular weight excluding hydrogens is 196 g/mol. The molecule has 0 spiro atoms. The minimum Gasteiger partial charge on any atom is -0.393 e. The van der Waals surface area contributed by atoms with Crippen molar-refractivity contribution in [3.05, 3.63) is 0 Å². The molecule has 4 unspecified atom stereocenters. The van der Waals surface area contributed by atoms with Gasteiger partial charge >= 0.3 is 0 Å². The summed E-state index contributed by atoms with van der Waals surface area (Å²) in [6.45, 7) is 4.84. The maximum absolute atomic E-state index is 9.64. The molecule has 4 nitrogen and oxygen atoms in total. The van der Waals surface area contributed by atoms with Crippen LogP contribution in [0.15, 0.2) is 0 Å². The van der Waals surface area contributed by atoms with E-state index in [1.54, 1.807) is 6.92 Å². The average Bonchev–Trinajstić information content (AvgIpc) is 2.65. The highest BCUT2D eigenvalue weighted by atomic mass is 16.5. The summed E-state index contributed by atoms with van der Waals surface area (Å²) in [5, 5.41) is 18.7. The molecule has 0 saturated carbocycles. The summed E-state index contributed by atoms with van der Waals surface area (Å²) < 4.78 is 10.9. The molecule has 0 aromatic rings. The summed E-state index contributed by atoms with van der Waals surface area (Å²) in [6, 6.07) is 0. The Bertz CT molecular complexity index is 166. The van der Waals surface area contributed by atoms with Crippen LogP contribution in [-0.4, -0.2) is 47.8 Å². The van der Waals surface area contributed by atoms with Gasteiger partial charge in [-0.1, -0.05) is 0 Å². The predicted molar refractivity (Wildman–Crippen MR) is 56.7 cm³/mol. The lowest BCUT2D eigenvalue weighted by molar-refractivity contribution is -0.0722. The molecule has 4 heteroatoms. The number of aliphatic hydroxyl groups excluding tert-OH is 2. The Balaban J connectivity index is 2.13. The zero-order valence-electron chi connectivity index (χ0n) is 9.56. The van der Waals surface area contributed by atoms with Crippen molar-refractivity contribution in [3.63, 3.8) is 0 Å². The van der Waals surface area contributed by atoms with Crippen molar-refractivity contribution < 1.29 is 19.7 Å². The lowest BCUT2D eigenvalue weighted by atomic mass is 10.1. The minimum atomic E-state index is -0.605. The van der Waals surface area contributed by atoms with Crippen molar-refractivity contribution in [2.24, 2.45) is 0 Å². The molecule has 1 rings (SSSR count). The topological polar surface area (TPSA) is 58.9 Å². The van der Waals surface area contributed by atoms with E-state index in [0.29, 0.717) is 13.0 Å². The summed E-state index contributed by atoms with van der Waals surface area (Å²) >= 11 is 0. The van der Waals surface area contributed by atoms with Crippen molar-refractivity contribution in [3.8, 4) is 0 Å². The van der Waals surface area contributed by atoms with Gasteiger partial charge < -0.3 is 19.7 Å². The highest BCUT2D eigenvalue weighted by Crippen LogP contribution is 2.14. The zero-order valence-corrected chi connectivity index (χ0v) is 9.56. The molecule has 1 saturated heterocycles. The standard InChI is InChI=1S/C11H22O4/c1-8(12)6-11(13)9(2)15-7-10-4-3-5-14-10/h8-13H,3-7H2,1-2H3. The number of aliphatic hydroxyl groups is 2. The van der Waals surface area contributed by atoms with Gasteiger partial charge in [-0.15, -0.1) is 0 Å². The van der Waals surface area contributed by atoms with Gasteiger partial charge in [0, 0.05) is 13.0 Å². The monoisotopic (exact) mass is 218 g/mol. The molecule has 0 amide bonds. The van der Waals surface area contributed by atoms with Crippen molar-refractivity contribution in [2.75, 3.05) is 13.2 Å². The maximum atomic E-state index is 9.64. The fraction of sp³-hybridized carbons (Fsp3) is 1.00. The Morgan fingerprint density at radius 1 is 1.40 bits per heavy atom. The lowest BCUT2D eigenvalue weighted by Gasteiger charge is -2.22. The summed E-state index contributed by atoms with van der Waals surface area (Å²) in [5.41, 5.74) is 0. The van der Waals surface area contributed by atoms with Gasteiger partial charge in [0.15, 0.2) is 0 Å². The van der Waals surface area contributed by atoms with Crippen LogP contribution >= 0.6 is 0 Å². The number of hydrogen-bond acceptors (Lipinski definition) is 4. The highest BCUT2D eigenvalue weighted by molar-refractivity contribution is 4.69. The van der Waals surface area contributed by atoms with Crippen molar-refractivity contribution in [1.82, 2.24) is 0 Å². The smallest absolute Gasteiger partial charge is 0.0823 e. The van der Waals surface area contributed by atoms with Crippen LogP contribution < -0.4 is 0 Å². The molecule has 15 heavy (non-hydrogen) atoms. The van der Waals surface area contributed by atoms with Crippen molar-refractivity contribution >= 4 is 0 Å². The van der Waals surface area contributed by atoms with E-state index in [1.807, 2.05) is 6.92 Å². The molecule has 1 aliphatic heterocycles. The Kier molecular flexibility index (Phi) is 5.53. The summed E-state index contributed by atoms with van der Waals surface area (Å²) in [4.78, 5) is 0. The maximum Gasteiger partial charge on any atom is 0.0823 e. The summed E-state index contributed by atoms with van der Waals surface area (Å²) in [5.74, 6) is 0. The molecule has 0 radical (unpaired) electrons. The van der Waals surface area contributed by atoms with E-state index in [9.17, 15) is 5.11 Å². The Morgan fingerprint density at radius 3 is 2.67 bits per heavy atom. The molecule has 0 aromatic carbocycles. The second kappa shape index (κ2) is 6.43. The third kappa shape index (κ3) is 4.93. The molecule has 1 fully saturated rings. The summed E-state index contributed by atoms with van der Waals surface area (Å²) in [6.07, 6.45) is 1.33. The van der Waals surface area contributed by atoms with Crippen LogP contribution in [0.4, 0.5) is 0 Å². The number of rotatable bonds is 6. The van der Waals surface area contributed by atoms with Gasteiger partial charge in [-0.25, -0.2) is 0 Å². The first-order chi connectivity index (χ1) is 7.09. The molecule has 90 valence electrons. The first-order valence-corrected chi connectivity index (χ1v) is 5.69. The summed E-state index contributed by atoms with van der Waals surface area (Å²) in [7, 11) is 0. The third-order valence-corrected chi connectivity index (χ3v) is 2.69. The Morgan fingerprint density at radius 2 is 2.13 bits per heavy atom. The van der Waals surface area contributed by atoms with Gasteiger partial charge in [0.2, 0.25) is 0 Å². The van der Waals surface area contributed by atoms with Gasteiger partial charge in [0.25, 0.3) is 0 Å². The fourth-order valence-electron chi connectivity index (χ4n) is 1.69. The normalized spacial score (nSPS) is 27.6. The highest BCUT2D eigenvalue weighted by Gasteiger charge is 2.20. The third-order valence-electron chi connectivity index (χ3n) is 2.69. The van der Waals surface area contributed by atoms with Crippen LogP contribution in [0.3, 0.4) is 0 Å². The molecular formula is C11H22O4. The second-order valence-electron chi connectivity index (χ2n) is 4.33. The quantitative estimate of drug-likeness (QED) is 0.689. The van der Waals surface area contributed by atoms with Crippen LogP contribution in [0, 0.1) is 0 Å². The van der Waals surface area contributed by atoms with E-state index < -0.39 is 12.2 Å².